The third-order valence-electron chi connectivity index (χ3n) is 4.16. The number of hydrogen-bond donors (Lipinski definition) is 0. The number of nitrogens with zero attached hydrogens (tertiary/aromatic N) is 2. The molecule has 0 spiro atoms. The van der Waals surface area contributed by atoms with Crippen molar-refractivity contribution in [3.63, 3.8) is 0 Å². The average Bonchev–Trinajstić information content (AvgIpc) is 2.98. The minimum atomic E-state index is -3.33. The van der Waals surface area contributed by atoms with E-state index in [0.717, 1.165) is 22.1 Å². The number of halogens is 4. The SMILES string of the molecule is Cl.O=c1c2ccccc2[n+]2c(n1-c1ccccc1)SCC2C[Te](Cl)(Cl)Cl. The van der Waals surface area contributed by atoms with E-state index in [1.807, 2.05) is 54.6 Å². The van der Waals surface area contributed by atoms with Crippen LogP contribution in [0.25, 0.3) is 16.6 Å². The maximum atomic E-state index is 13.2. The van der Waals surface area contributed by atoms with Crippen LogP contribution in [0.5, 0.6) is 0 Å². The fourth-order valence-corrected chi connectivity index (χ4v) is 9.87. The van der Waals surface area contributed by atoms with Crippen LogP contribution < -0.4 is 10.1 Å². The molecule has 0 saturated heterocycles. The standard InChI is InChI=1S/C17H14Cl3N2OSTe.ClH/c18-25(19,20)11-13-10-24-17-21(13)15-9-5-4-8-14(15)16(23)22(17)12-6-2-1-3-7-12;/h1-9,13H,10-11H2;1H/q+1;. The second kappa shape index (κ2) is 8.09. The molecule has 0 amide bonds. The van der Waals surface area contributed by atoms with Gasteiger partial charge in [-0.25, -0.2) is 0 Å². The van der Waals surface area contributed by atoms with E-state index in [2.05, 4.69) is 4.57 Å². The zero-order valence-electron chi connectivity index (χ0n) is 13.3. The Morgan fingerprint density at radius 1 is 1.08 bits per heavy atom. The summed E-state index contributed by atoms with van der Waals surface area (Å²) in [5.74, 6) is 0.806. The monoisotopic (exact) mass is 565 g/mol. The van der Waals surface area contributed by atoms with Gasteiger partial charge in [0, 0.05) is 0 Å². The van der Waals surface area contributed by atoms with E-state index in [1.54, 1.807) is 16.3 Å². The number of thioether (sulfide) groups is 1. The molecule has 1 aliphatic heterocycles. The first-order chi connectivity index (χ1) is 12.0. The molecule has 3 nitrogen and oxygen atoms in total. The van der Waals surface area contributed by atoms with Crippen molar-refractivity contribution in [1.29, 1.82) is 0 Å². The van der Waals surface area contributed by atoms with Gasteiger partial charge in [0.05, 0.1) is 0 Å². The first kappa shape index (κ1) is 20.6. The number of fused-ring (bicyclic) bond motifs is 3. The van der Waals surface area contributed by atoms with Crippen molar-refractivity contribution in [1.82, 2.24) is 4.57 Å². The summed E-state index contributed by atoms with van der Waals surface area (Å²) in [7, 11) is 18.7. The van der Waals surface area contributed by atoms with Crippen molar-refractivity contribution in [3.05, 3.63) is 65.0 Å². The number of hydrogen-bond acceptors (Lipinski definition) is 2. The average molecular weight is 565 g/mol. The minimum absolute atomic E-state index is 0. The van der Waals surface area contributed by atoms with Gasteiger partial charge < -0.3 is 0 Å². The van der Waals surface area contributed by atoms with Crippen molar-refractivity contribution < 1.29 is 4.57 Å². The molecule has 9 heteroatoms. The maximum absolute atomic E-state index is 13.2. The molecule has 2 heterocycles. The first-order valence-electron chi connectivity index (χ1n) is 7.63. The van der Waals surface area contributed by atoms with Crippen LogP contribution in [-0.2, 0) is 0 Å². The molecule has 26 heavy (non-hydrogen) atoms. The Kier molecular flexibility index (Phi) is 6.41. The molecular formula is C17H15Cl4N2OSTe+. The zero-order valence-corrected chi connectivity index (χ0v) is 19.6. The van der Waals surface area contributed by atoms with Crippen LogP contribution in [0.4, 0.5) is 0 Å². The number of para-hydroxylation sites is 2. The van der Waals surface area contributed by atoms with Gasteiger partial charge in [0.15, 0.2) is 0 Å². The van der Waals surface area contributed by atoms with Gasteiger partial charge in [-0.05, 0) is 0 Å². The van der Waals surface area contributed by atoms with Crippen LogP contribution in [0.1, 0.15) is 6.04 Å². The molecule has 138 valence electrons. The molecule has 3 aromatic rings. The molecular weight excluding hydrogens is 550 g/mol. The van der Waals surface area contributed by atoms with Crippen molar-refractivity contribution in [2.75, 3.05) is 5.75 Å². The third kappa shape index (κ3) is 3.86. The van der Waals surface area contributed by atoms with E-state index in [9.17, 15) is 4.79 Å². The molecule has 0 aliphatic carbocycles. The molecule has 1 unspecified atom stereocenters. The van der Waals surface area contributed by atoms with Crippen molar-refractivity contribution >= 4 is 76.8 Å². The summed E-state index contributed by atoms with van der Waals surface area (Å²) in [4.78, 5) is 13.2. The quantitative estimate of drug-likeness (QED) is 0.254. The molecule has 0 radical (unpaired) electrons. The van der Waals surface area contributed by atoms with Gasteiger partial charge >= 0.3 is 166 Å². The molecule has 1 atom stereocenters. The summed E-state index contributed by atoms with van der Waals surface area (Å²) in [6, 6.07) is 17.4. The van der Waals surface area contributed by atoms with Crippen LogP contribution in [-0.4, -0.2) is 25.1 Å². The van der Waals surface area contributed by atoms with Crippen molar-refractivity contribution in [3.8, 4) is 5.69 Å². The van der Waals surface area contributed by atoms with Crippen LogP contribution in [0.2, 0.25) is 4.47 Å². The summed E-state index contributed by atoms with van der Waals surface area (Å²) in [5, 5.41) is 1.58. The van der Waals surface area contributed by atoms with Gasteiger partial charge in [-0.2, -0.15) is 0 Å². The van der Waals surface area contributed by atoms with E-state index in [0.29, 0.717) is 9.85 Å². The van der Waals surface area contributed by atoms with E-state index in [1.165, 1.54) is 0 Å². The summed E-state index contributed by atoms with van der Waals surface area (Å²) in [6.45, 7) is 0. The third-order valence-corrected chi connectivity index (χ3v) is 10.1. The Morgan fingerprint density at radius 2 is 1.73 bits per heavy atom. The Morgan fingerprint density at radius 3 is 2.42 bits per heavy atom. The normalized spacial score (nSPS) is 17.0. The fourth-order valence-electron chi connectivity index (χ4n) is 3.16. The fraction of sp³-hybridized carbons (Fsp3) is 0.176. The molecule has 2 aromatic carbocycles. The van der Waals surface area contributed by atoms with Crippen LogP contribution >= 0.6 is 51.1 Å². The Bertz CT molecular complexity index is 1010. The predicted molar refractivity (Wildman–Crippen MR) is 115 cm³/mol. The summed E-state index contributed by atoms with van der Waals surface area (Å²) < 4.78 is 4.54. The Labute approximate surface area is 176 Å². The number of aromatic nitrogens is 2. The van der Waals surface area contributed by atoms with Crippen molar-refractivity contribution in [2.45, 2.75) is 15.7 Å². The molecule has 4 rings (SSSR count). The summed E-state index contributed by atoms with van der Waals surface area (Å²) >= 11 is -1.68. The molecule has 0 saturated carbocycles. The Hall–Kier alpha value is -0.120. The van der Waals surface area contributed by atoms with Gasteiger partial charge in [-0.15, -0.1) is 12.4 Å². The van der Waals surface area contributed by atoms with Gasteiger partial charge in [0.2, 0.25) is 0 Å². The van der Waals surface area contributed by atoms with E-state index in [-0.39, 0.29) is 24.0 Å². The van der Waals surface area contributed by atoms with Crippen LogP contribution in [0, 0.1) is 0 Å². The Balaban J connectivity index is 0.00000196. The first-order valence-corrected chi connectivity index (χ1v) is 19.1. The molecule has 1 aromatic heterocycles. The van der Waals surface area contributed by atoms with Gasteiger partial charge in [-0.3, -0.25) is 0 Å². The molecule has 1 aliphatic rings. The van der Waals surface area contributed by atoms with Crippen molar-refractivity contribution in [2.24, 2.45) is 0 Å². The summed E-state index contributed by atoms with van der Waals surface area (Å²) in [6.07, 6.45) is 0. The molecule has 0 N–H and O–H groups in total. The topological polar surface area (TPSA) is 25.9 Å². The van der Waals surface area contributed by atoms with Gasteiger partial charge in [-0.1, -0.05) is 0 Å². The number of rotatable bonds is 3. The van der Waals surface area contributed by atoms with Crippen LogP contribution in [0.3, 0.4) is 0 Å². The molecule has 0 fully saturated rings. The van der Waals surface area contributed by atoms with E-state index in [4.69, 9.17) is 26.9 Å². The predicted octanol–water partition coefficient (Wildman–Crippen LogP) is 5.00. The molecule has 0 bridgehead atoms. The van der Waals surface area contributed by atoms with E-state index < -0.39 is 14.8 Å². The van der Waals surface area contributed by atoms with Gasteiger partial charge in [0.1, 0.15) is 0 Å². The van der Waals surface area contributed by atoms with Crippen LogP contribution in [0.15, 0.2) is 64.5 Å². The zero-order chi connectivity index (χ0) is 17.6. The summed E-state index contributed by atoms with van der Waals surface area (Å²) in [5.41, 5.74) is 1.74. The second-order valence-corrected chi connectivity index (χ2v) is 24.4. The van der Waals surface area contributed by atoms with Gasteiger partial charge in [0.25, 0.3) is 0 Å². The second-order valence-electron chi connectivity index (χ2n) is 5.78. The number of benzene rings is 2. The van der Waals surface area contributed by atoms with E-state index >= 15 is 0 Å².